The molecule has 0 saturated carbocycles. The number of rotatable bonds is 18. The summed E-state index contributed by atoms with van der Waals surface area (Å²) in [5, 5.41) is 0. The van der Waals surface area contributed by atoms with Gasteiger partial charge < -0.3 is 0 Å². The Balaban J connectivity index is 2.34. The van der Waals surface area contributed by atoms with Gasteiger partial charge in [0, 0.05) is 19.3 Å². The molecule has 0 aromatic carbocycles. The highest BCUT2D eigenvalue weighted by molar-refractivity contribution is 4.98. The number of nitrogens with zero attached hydrogens (tertiary/aromatic N) is 3. The Hall–Kier alpha value is -0.990. The van der Waals surface area contributed by atoms with Crippen LogP contribution in [-0.4, -0.2) is 15.0 Å². The van der Waals surface area contributed by atoms with E-state index in [1.165, 1.54) is 89.9 Å². The van der Waals surface area contributed by atoms with Crippen LogP contribution in [0, 0.1) is 0 Å². The van der Waals surface area contributed by atoms with Crippen molar-refractivity contribution in [3.8, 4) is 0 Å². The lowest BCUT2D eigenvalue weighted by Crippen LogP contribution is -2.08. The molecule has 0 saturated heterocycles. The summed E-state index contributed by atoms with van der Waals surface area (Å²) in [6.45, 7) is 6.76. The third kappa shape index (κ3) is 12.9. The summed E-state index contributed by atoms with van der Waals surface area (Å²) in [6.07, 6.45) is 22.9. The molecule has 1 aromatic heterocycles. The van der Waals surface area contributed by atoms with Crippen molar-refractivity contribution in [3.05, 3.63) is 17.5 Å². The molecular formula is C24H45N3. The quantitative estimate of drug-likeness (QED) is 0.251. The van der Waals surface area contributed by atoms with Crippen molar-refractivity contribution in [1.82, 2.24) is 15.0 Å². The minimum Gasteiger partial charge on any atom is -0.218 e. The lowest BCUT2D eigenvalue weighted by atomic mass is 10.1. The van der Waals surface area contributed by atoms with Crippen LogP contribution in [0.4, 0.5) is 0 Å². The van der Waals surface area contributed by atoms with Crippen LogP contribution in [0.2, 0.25) is 0 Å². The van der Waals surface area contributed by atoms with Crippen molar-refractivity contribution in [2.24, 2.45) is 0 Å². The van der Waals surface area contributed by atoms with Crippen LogP contribution in [0.15, 0.2) is 0 Å². The van der Waals surface area contributed by atoms with E-state index in [9.17, 15) is 0 Å². The molecule has 3 heteroatoms. The second kappa shape index (κ2) is 17.1. The van der Waals surface area contributed by atoms with E-state index >= 15 is 0 Å². The Morgan fingerprint density at radius 1 is 0.370 bits per heavy atom. The van der Waals surface area contributed by atoms with Gasteiger partial charge in [-0.2, -0.15) is 0 Å². The number of aryl methyl sites for hydroxylation is 3. The van der Waals surface area contributed by atoms with Gasteiger partial charge in [0.05, 0.1) is 0 Å². The van der Waals surface area contributed by atoms with Gasteiger partial charge in [0.25, 0.3) is 0 Å². The van der Waals surface area contributed by atoms with Crippen LogP contribution in [0.5, 0.6) is 0 Å². The van der Waals surface area contributed by atoms with Gasteiger partial charge in [-0.05, 0) is 19.3 Å². The van der Waals surface area contributed by atoms with Crippen molar-refractivity contribution in [2.45, 2.75) is 136 Å². The van der Waals surface area contributed by atoms with Gasteiger partial charge in [0.2, 0.25) is 0 Å². The molecule has 0 fully saturated rings. The first-order valence-electron chi connectivity index (χ1n) is 12.0. The maximum absolute atomic E-state index is 4.79. The van der Waals surface area contributed by atoms with E-state index in [-0.39, 0.29) is 0 Å². The minimum absolute atomic E-state index is 0.983. The number of unbranched alkanes of at least 4 members (excludes halogenated alkanes) is 12. The van der Waals surface area contributed by atoms with Gasteiger partial charge in [-0.25, -0.2) is 15.0 Å². The fourth-order valence-electron chi connectivity index (χ4n) is 3.56. The Morgan fingerprint density at radius 3 is 1.07 bits per heavy atom. The summed E-state index contributed by atoms with van der Waals surface area (Å²) in [5.74, 6) is 3.10. The molecule has 0 aliphatic heterocycles. The van der Waals surface area contributed by atoms with Gasteiger partial charge in [0.1, 0.15) is 17.5 Å². The molecule has 0 spiro atoms. The number of hydrogen-bond acceptors (Lipinski definition) is 3. The standard InChI is InChI=1S/C24H45N3/c1-4-7-9-11-13-15-17-20-23-25-22(19-6-3)26-24(27-23)21-18-16-14-12-10-8-5-2/h4-21H2,1-3H3. The average Bonchev–Trinajstić information content (AvgIpc) is 2.67. The highest BCUT2D eigenvalue weighted by atomic mass is 15.0. The van der Waals surface area contributed by atoms with Gasteiger partial charge in [-0.1, -0.05) is 97.8 Å². The normalized spacial score (nSPS) is 11.2. The Kier molecular flexibility index (Phi) is 15.3. The maximum Gasteiger partial charge on any atom is 0.132 e. The van der Waals surface area contributed by atoms with Crippen LogP contribution >= 0.6 is 0 Å². The van der Waals surface area contributed by atoms with Crippen molar-refractivity contribution >= 4 is 0 Å². The summed E-state index contributed by atoms with van der Waals surface area (Å²) in [4.78, 5) is 14.2. The van der Waals surface area contributed by atoms with Gasteiger partial charge >= 0.3 is 0 Å². The highest BCUT2D eigenvalue weighted by Gasteiger charge is 2.06. The van der Waals surface area contributed by atoms with Crippen molar-refractivity contribution in [3.63, 3.8) is 0 Å². The molecule has 0 atom stereocenters. The first kappa shape index (κ1) is 24.0. The van der Waals surface area contributed by atoms with Crippen LogP contribution in [0.1, 0.15) is 135 Å². The fourth-order valence-corrected chi connectivity index (χ4v) is 3.56. The van der Waals surface area contributed by atoms with Crippen LogP contribution in [0.3, 0.4) is 0 Å². The predicted molar refractivity (Wildman–Crippen MR) is 117 cm³/mol. The van der Waals surface area contributed by atoms with Crippen LogP contribution < -0.4 is 0 Å². The lowest BCUT2D eigenvalue weighted by Gasteiger charge is -2.07. The van der Waals surface area contributed by atoms with Gasteiger partial charge in [0.15, 0.2) is 0 Å². The van der Waals surface area contributed by atoms with E-state index in [2.05, 4.69) is 20.8 Å². The molecule has 3 nitrogen and oxygen atoms in total. The molecule has 0 N–H and O–H groups in total. The summed E-state index contributed by atoms with van der Waals surface area (Å²) < 4.78 is 0. The largest absolute Gasteiger partial charge is 0.218 e. The van der Waals surface area contributed by atoms with Gasteiger partial charge in [-0.15, -0.1) is 0 Å². The van der Waals surface area contributed by atoms with Gasteiger partial charge in [-0.3, -0.25) is 0 Å². The average molecular weight is 376 g/mol. The molecule has 0 amide bonds. The summed E-state index contributed by atoms with van der Waals surface area (Å²) >= 11 is 0. The van der Waals surface area contributed by atoms with E-state index in [0.29, 0.717) is 0 Å². The van der Waals surface area contributed by atoms with E-state index in [4.69, 9.17) is 15.0 Å². The lowest BCUT2D eigenvalue weighted by molar-refractivity contribution is 0.573. The molecule has 0 radical (unpaired) electrons. The highest BCUT2D eigenvalue weighted by Crippen LogP contribution is 2.12. The predicted octanol–water partition coefficient (Wildman–Crippen LogP) is 7.41. The van der Waals surface area contributed by atoms with Crippen LogP contribution in [-0.2, 0) is 19.3 Å². The smallest absolute Gasteiger partial charge is 0.132 e. The molecule has 0 bridgehead atoms. The van der Waals surface area contributed by atoms with Crippen molar-refractivity contribution < 1.29 is 0 Å². The zero-order chi connectivity index (χ0) is 19.6. The molecular weight excluding hydrogens is 330 g/mol. The number of hydrogen-bond donors (Lipinski definition) is 0. The summed E-state index contributed by atoms with van der Waals surface area (Å²) in [6, 6.07) is 0. The second-order valence-corrected chi connectivity index (χ2v) is 8.08. The molecule has 0 aliphatic rings. The molecule has 27 heavy (non-hydrogen) atoms. The topological polar surface area (TPSA) is 38.7 Å². The number of aromatic nitrogens is 3. The first-order chi connectivity index (χ1) is 13.3. The maximum atomic E-state index is 4.79. The van der Waals surface area contributed by atoms with Crippen molar-refractivity contribution in [1.29, 1.82) is 0 Å². The summed E-state index contributed by atoms with van der Waals surface area (Å²) in [5.41, 5.74) is 0. The molecule has 0 unspecified atom stereocenters. The van der Waals surface area contributed by atoms with E-state index < -0.39 is 0 Å². The summed E-state index contributed by atoms with van der Waals surface area (Å²) in [7, 11) is 0. The molecule has 1 aromatic rings. The Bertz CT molecular complexity index is 423. The fraction of sp³-hybridized carbons (Fsp3) is 0.875. The van der Waals surface area contributed by atoms with Crippen LogP contribution in [0.25, 0.3) is 0 Å². The second-order valence-electron chi connectivity index (χ2n) is 8.08. The molecule has 1 rings (SSSR count). The minimum atomic E-state index is 0.983. The van der Waals surface area contributed by atoms with Crippen molar-refractivity contribution in [2.75, 3.05) is 0 Å². The third-order valence-electron chi connectivity index (χ3n) is 5.26. The molecule has 0 aliphatic carbocycles. The monoisotopic (exact) mass is 375 g/mol. The van der Waals surface area contributed by atoms with E-state index in [1.807, 2.05) is 0 Å². The van der Waals surface area contributed by atoms with E-state index in [1.54, 1.807) is 0 Å². The molecule has 1 heterocycles. The zero-order valence-electron chi connectivity index (χ0n) is 18.6. The third-order valence-corrected chi connectivity index (χ3v) is 5.26. The SMILES string of the molecule is CCCCCCCCCc1nc(CCC)nc(CCCCCCCCC)n1. The Morgan fingerprint density at radius 2 is 0.704 bits per heavy atom. The first-order valence-corrected chi connectivity index (χ1v) is 12.0. The Labute approximate surface area is 169 Å². The zero-order valence-corrected chi connectivity index (χ0v) is 18.6. The molecule has 156 valence electrons. The van der Waals surface area contributed by atoms with E-state index in [0.717, 1.165) is 43.2 Å².